The maximum absolute atomic E-state index is 11.6. The van der Waals surface area contributed by atoms with Crippen molar-refractivity contribution >= 4 is 11.8 Å². The van der Waals surface area contributed by atoms with Crippen molar-refractivity contribution in [1.82, 2.24) is 4.57 Å². The number of nitriles is 1. The van der Waals surface area contributed by atoms with E-state index in [4.69, 9.17) is 15.7 Å². The molecular weight excluding hydrogens is 234 g/mol. The molecule has 0 fully saturated rings. The number of aryl methyl sites for hydroxylation is 1. The van der Waals surface area contributed by atoms with Crippen molar-refractivity contribution in [3.8, 4) is 6.07 Å². The number of esters is 1. The third-order valence-electron chi connectivity index (χ3n) is 2.27. The Morgan fingerprint density at radius 2 is 2.22 bits per heavy atom. The molecule has 0 saturated carbocycles. The van der Waals surface area contributed by atoms with E-state index >= 15 is 0 Å². The van der Waals surface area contributed by atoms with Crippen LogP contribution in [-0.2, 0) is 16.6 Å². The van der Waals surface area contributed by atoms with Gasteiger partial charge in [-0.3, -0.25) is 4.79 Å². The Hall–Kier alpha value is -2.55. The largest absolute Gasteiger partial charge is 0.453 e. The van der Waals surface area contributed by atoms with Gasteiger partial charge in [-0.25, -0.2) is 4.79 Å². The number of ether oxygens (including phenoxy) is 1. The second-order valence-corrected chi connectivity index (χ2v) is 3.67. The maximum Gasteiger partial charge on any atom is 0.355 e. The first-order valence-corrected chi connectivity index (χ1v) is 5.15. The number of rotatable bonds is 4. The molecule has 0 unspecified atom stereocenters. The van der Waals surface area contributed by atoms with E-state index in [1.807, 2.05) is 0 Å². The fraction of sp³-hybridized carbons (Fsp3) is 0.250. The molecule has 0 aliphatic heterocycles. The summed E-state index contributed by atoms with van der Waals surface area (Å²) in [6.45, 7) is 0.941. The van der Waals surface area contributed by atoms with E-state index in [0.29, 0.717) is 5.69 Å². The van der Waals surface area contributed by atoms with Crippen LogP contribution in [0.5, 0.6) is 0 Å². The van der Waals surface area contributed by atoms with Gasteiger partial charge in [-0.15, -0.1) is 0 Å². The van der Waals surface area contributed by atoms with Crippen LogP contribution in [0.15, 0.2) is 29.6 Å². The number of nitrogens with two attached hydrogens (primary N) is 1. The van der Waals surface area contributed by atoms with Crippen LogP contribution in [0.1, 0.15) is 17.4 Å². The molecule has 2 N–H and O–H groups in total. The van der Waals surface area contributed by atoms with E-state index in [-0.39, 0.29) is 11.3 Å². The summed E-state index contributed by atoms with van der Waals surface area (Å²) in [6, 6.07) is 4.93. The number of ketones is 1. The second-order valence-electron chi connectivity index (χ2n) is 3.67. The molecule has 1 aromatic rings. The summed E-state index contributed by atoms with van der Waals surface area (Å²) < 4.78 is 6.38. The van der Waals surface area contributed by atoms with Crippen LogP contribution in [0.4, 0.5) is 0 Å². The highest BCUT2D eigenvalue weighted by atomic mass is 16.5. The molecule has 6 nitrogen and oxygen atoms in total. The minimum atomic E-state index is -0.622. The molecule has 6 heteroatoms. The number of aromatic nitrogens is 1. The molecule has 1 rings (SSSR count). The number of carbonyl (C=O) groups excluding carboxylic acids is 2. The summed E-state index contributed by atoms with van der Waals surface area (Å²) in [4.78, 5) is 23.1. The van der Waals surface area contributed by atoms with Crippen LogP contribution in [0.3, 0.4) is 0 Å². The lowest BCUT2D eigenvalue weighted by Crippen LogP contribution is -2.18. The van der Waals surface area contributed by atoms with Gasteiger partial charge in [0.05, 0.1) is 0 Å². The smallest absolute Gasteiger partial charge is 0.355 e. The number of allylic oxidation sites excluding steroid dienone is 1. The Morgan fingerprint density at radius 1 is 1.56 bits per heavy atom. The van der Waals surface area contributed by atoms with Gasteiger partial charge < -0.3 is 15.0 Å². The number of Topliss-reactive ketones (excluding diaryl/α,β-unsaturated/α-hetero) is 1. The van der Waals surface area contributed by atoms with E-state index in [2.05, 4.69) is 0 Å². The van der Waals surface area contributed by atoms with Crippen molar-refractivity contribution in [1.29, 1.82) is 5.26 Å². The predicted octanol–water partition coefficient (Wildman–Crippen LogP) is 0.507. The number of carbonyl (C=O) groups is 2. The molecule has 1 aromatic heterocycles. The molecule has 18 heavy (non-hydrogen) atoms. The highest BCUT2D eigenvalue weighted by molar-refractivity contribution is 6.01. The zero-order valence-corrected chi connectivity index (χ0v) is 10.1. The van der Waals surface area contributed by atoms with Crippen LogP contribution in [-0.4, -0.2) is 22.9 Å². The monoisotopic (exact) mass is 247 g/mol. The Balaban J connectivity index is 2.66. The minimum Gasteiger partial charge on any atom is -0.453 e. The van der Waals surface area contributed by atoms with Crippen LogP contribution >= 0.6 is 0 Å². The lowest BCUT2D eigenvalue weighted by molar-refractivity contribution is -0.118. The molecular formula is C12H13N3O3. The topological polar surface area (TPSA) is 98.1 Å². The fourth-order valence-corrected chi connectivity index (χ4v) is 1.32. The van der Waals surface area contributed by atoms with Gasteiger partial charge in [0, 0.05) is 18.9 Å². The van der Waals surface area contributed by atoms with Gasteiger partial charge in [0.25, 0.3) is 0 Å². The number of nitrogens with zero attached hydrogens (tertiary/aromatic N) is 2. The molecule has 0 saturated heterocycles. The summed E-state index contributed by atoms with van der Waals surface area (Å²) in [5.74, 6) is -1.23. The summed E-state index contributed by atoms with van der Waals surface area (Å²) >= 11 is 0. The van der Waals surface area contributed by atoms with Gasteiger partial charge in [0.1, 0.15) is 17.3 Å². The maximum atomic E-state index is 11.6. The lowest BCUT2D eigenvalue weighted by Gasteiger charge is -2.05. The van der Waals surface area contributed by atoms with E-state index in [1.165, 1.54) is 6.92 Å². The van der Waals surface area contributed by atoms with E-state index < -0.39 is 18.4 Å². The third-order valence-corrected chi connectivity index (χ3v) is 2.27. The van der Waals surface area contributed by atoms with Gasteiger partial charge >= 0.3 is 5.97 Å². The Bertz CT molecular complexity index is 545. The average Bonchev–Trinajstić information content (AvgIpc) is 2.72. The first kappa shape index (κ1) is 13.5. The molecule has 0 radical (unpaired) electrons. The molecule has 0 aliphatic carbocycles. The summed E-state index contributed by atoms with van der Waals surface area (Å²) in [5.41, 5.74) is 5.62. The average molecular weight is 247 g/mol. The summed E-state index contributed by atoms with van der Waals surface area (Å²) in [6.07, 6.45) is 1.68. The van der Waals surface area contributed by atoms with Crippen molar-refractivity contribution in [3.63, 3.8) is 0 Å². The van der Waals surface area contributed by atoms with E-state index in [0.717, 1.165) is 0 Å². The van der Waals surface area contributed by atoms with Gasteiger partial charge in [-0.05, 0) is 19.1 Å². The molecule has 0 spiro atoms. The molecule has 94 valence electrons. The van der Waals surface area contributed by atoms with Gasteiger partial charge in [-0.2, -0.15) is 5.26 Å². The molecule has 0 bridgehead atoms. The van der Waals surface area contributed by atoms with Crippen molar-refractivity contribution in [2.45, 2.75) is 6.92 Å². The van der Waals surface area contributed by atoms with Gasteiger partial charge in [-0.1, -0.05) is 0 Å². The molecule has 1 heterocycles. The van der Waals surface area contributed by atoms with Crippen LogP contribution in [0.25, 0.3) is 0 Å². The SMILES string of the molecule is C/C(N)=C(\C#N)C(=O)COC(=O)c1cccn1C. The lowest BCUT2D eigenvalue weighted by atomic mass is 10.1. The second kappa shape index (κ2) is 5.68. The molecule has 0 atom stereocenters. The van der Waals surface area contributed by atoms with Crippen molar-refractivity contribution in [3.05, 3.63) is 35.3 Å². The van der Waals surface area contributed by atoms with Crippen molar-refractivity contribution < 1.29 is 14.3 Å². The summed E-state index contributed by atoms with van der Waals surface area (Å²) in [7, 11) is 1.68. The standard InChI is InChI=1S/C12H13N3O3/c1-8(14)9(6-13)11(16)7-18-12(17)10-4-3-5-15(10)2/h3-5H,7,14H2,1-2H3/b9-8-. The predicted molar refractivity (Wildman–Crippen MR) is 63.2 cm³/mol. The molecule has 0 aromatic carbocycles. The third kappa shape index (κ3) is 2.98. The van der Waals surface area contributed by atoms with E-state index in [9.17, 15) is 9.59 Å². The van der Waals surface area contributed by atoms with Crippen molar-refractivity contribution in [2.75, 3.05) is 6.61 Å². The van der Waals surface area contributed by atoms with Gasteiger partial charge in [0.2, 0.25) is 5.78 Å². The Morgan fingerprint density at radius 3 is 2.67 bits per heavy atom. The van der Waals surface area contributed by atoms with Crippen LogP contribution < -0.4 is 5.73 Å². The zero-order valence-electron chi connectivity index (χ0n) is 10.1. The fourth-order valence-electron chi connectivity index (χ4n) is 1.32. The first-order valence-electron chi connectivity index (χ1n) is 5.15. The summed E-state index contributed by atoms with van der Waals surface area (Å²) in [5, 5.41) is 8.71. The van der Waals surface area contributed by atoms with Crippen LogP contribution in [0.2, 0.25) is 0 Å². The van der Waals surface area contributed by atoms with Gasteiger partial charge in [0.15, 0.2) is 6.61 Å². The Labute approximate surface area is 104 Å². The highest BCUT2D eigenvalue weighted by Gasteiger charge is 2.16. The Kier molecular flexibility index (Phi) is 4.27. The number of hydrogen-bond donors (Lipinski definition) is 1. The number of hydrogen-bond acceptors (Lipinski definition) is 5. The van der Waals surface area contributed by atoms with E-state index in [1.54, 1.807) is 36.0 Å². The zero-order chi connectivity index (χ0) is 13.7. The minimum absolute atomic E-state index is 0.109. The molecule has 0 amide bonds. The molecule has 0 aliphatic rings. The highest BCUT2D eigenvalue weighted by Crippen LogP contribution is 2.04. The quantitative estimate of drug-likeness (QED) is 0.474. The van der Waals surface area contributed by atoms with Crippen molar-refractivity contribution in [2.24, 2.45) is 12.8 Å². The van der Waals surface area contributed by atoms with Crippen LogP contribution in [0, 0.1) is 11.3 Å². The first-order chi connectivity index (χ1) is 8.47. The normalized spacial score (nSPS) is 11.4.